The smallest absolute Gasteiger partial charge is 0.419 e. The molecule has 0 saturated carbocycles. The summed E-state index contributed by atoms with van der Waals surface area (Å²) in [5, 5.41) is 0. The Morgan fingerprint density at radius 1 is 1.02 bits per heavy atom. The molecule has 0 bridgehead atoms. The van der Waals surface area contributed by atoms with Crippen LogP contribution >= 0.6 is 0 Å². The molecule has 0 spiro atoms. The third kappa shape index (κ3) is 9.99. The summed E-state index contributed by atoms with van der Waals surface area (Å²) in [5.74, 6) is -4.50. The Bertz CT molecular complexity index is 1540. The van der Waals surface area contributed by atoms with Crippen molar-refractivity contribution in [3.05, 3.63) is 66.3 Å². The fourth-order valence-corrected chi connectivity index (χ4v) is 6.49. The molecule has 13 nitrogen and oxygen atoms in total. The van der Waals surface area contributed by atoms with E-state index in [0.717, 1.165) is 4.57 Å². The second-order valence-corrected chi connectivity index (χ2v) is 13.8. The molecule has 0 aliphatic carbocycles. The molecule has 1 saturated heterocycles. The van der Waals surface area contributed by atoms with Crippen LogP contribution in [0.3, 0.4) is 0 Å². The van der Waals surface area contributed by atoms with Crippen molar-refractivity contribution in [3.8, 4) is 0 Å². The van der Waals surface area contributed by atoms with Gasteiger partial charge < -0.3 is 28.6 Å². The van der Waals surface area contributed by atoms with Gasteiger partial charge in [-0.25, -0.2) is 19.1 Å². The van der Waals surface area contributed by atoms with Crippen molar-refractivity contribution in [2.75, 3.05) is 14.1 Å². The number of nitrogens with zero attached hydrogens (tertiary/aromatic N) is 3. The predicted octanol–water partition coefficient (Wildman–Crippen LogP) is 5.02. The first kappa shape index (κ1) is 39.6. The first-order valence-electron chi connectivity index (χ1n) is 17.6. The molecule has 2 aromatic rings. The highest BCUT2D eigenvalue weighted by Crippen LogP contribution is 2.32. The molecule has 1 aromatic heterocycles. The van der Waals surface area contributed by atoms with Crippen LogP contribution < -0.4 is 0 Å². The SMILES string of the molecule is CCC1OC(=O)C(C)C(=O)C(C)[C@@H](OC2OC(C)CC(N(C)C)[C@H]2OC(=O)c2ccccc2)CC[C@@H](C)C(=O)/C(C)=C/C1OC(=O)n1ccnc1. The minimum atomic E-state index is -1.19. The van der Waals surface area contributed by atoms with Gasteiger partial charge in [0.25, 0.3) is 0 Å². The molecule has 1 aromatic carbocycles. The van der Waals surface area contributed by atoms with E-state index in [-0.39, 0.29) is 30.8 Å². The van der Waals surface area contributed by atoms with Crippen LogP contribution in [0.15, 0.2) is 60.7 Å². The Hall–Kier alpha value is -4.20. The number of ketones is 2. The number of carbonyl (C=O) groups excluding carboxylic acids is 5. The summed E-state index contributed by atoms with van der Waals surface area (Å²) in [6.45, 7) is 10.2. The van der Waals surface area contributed by atoms with Crippen LogP contribution in [-0.4, -0.2) is 101 Å². The number of hydrogen-bond acceptors (Lipinski definition) is 12. The summed E-state index contributed by atoms with van der Waals surface area (Å²) < 4.78 is 31.6. The Morgan fingerprint density at radius 2 is 1.73 bits per heavy atom. The summed E-state index contributed by atoms with van der Waals surface area (Å²) in [6.07, 6.45) is 1.18. The van der Waals surface area contributed by atoms with E-state index in [0.29, 0.717) is 24.0 Å². The van der Waals surface area contributed by atoms with Gasteiger partial charge in [-0.1, -0.05) is 39.0 Å². The van der Waals surface area contributed by atoms with Crippen LogP contribution in [0.2, 0.25) is 0 Å². The molecule has 3 heterocycles. The van der Waals surface area contributed by atoms with Crippen LogP contribution in [0.5, 0.6) is 0 Å². The van der Waals surface area contributed by atoms with Gasteiger partial charge in [0.15, 0.2) is 30.1 Å². The molecule has 278 valence electrons. The minimum absolute atomic E-state index is 0.201. The molecular weight excluding hydrogens is 658 g/mol. The lowest BCUT2D eigenvalue weighted by atomic mass is 9.85. The van der Waals surface area contributed by atoms with E-state index >= 15 is 0 Å². The number of allylic oxidation sites excluding steroid dienone is 1. The first-order valence-corrected chi connectivity index (χ1v) is 17.6. The lowest BCUT2D eigenvalue weighted by Gasteiger charge is -2.44. The van der Waals surface area contributed by atoms with Crippen LogP contribution in [0, 0.1) is 17.8 Å². The van der Waals surface area contributed by atoms with Gasteiger partial charge in [-0.2, -0.15) is 0 Å². The van der Waals surface area contributed by atoms with Crippen molar-refractivity contribution in [3.63, 3.8) is 0 Å². The second-order valence-electron chi connectivity index (χ2n) is 13.8. The number of imidazole rings is 1. The van der Waals surface area contributed by atoms with E-state index in [9.17, 15) is 24.0 Å². The zero-order valence-electron chi connectivity index (χ0n) is 30.7. The zero-order valence-corrected chi connectivity index (χ0v) is 30.7. The molecule has 1 fully saturated rings. The van der Waals surface area contributed by atoms with Crippen LogP contribution in [-0.2, 0) is 38.1 Å². The molecule has 2 aliphatic rings. The fraction of sp³-hybridized carbons (Fsp3) is 0.579. The van der Waals surface area contributed by atoms with E-state index in [4.69, 9.17) is 23.7 Å². The summed E-state index contributed by atoms with van der Waals surface area (Å²) in [6, 6.07) is 8.37. The van der Waals surface area contributed by atoms with Crippen molar-refractivity contribution in [2.24, 2.45) is 17.8 Å². The lowest BCUT2D eigenvalue weighted by molar-refractivity contribution is -0.272. The molecule has 10 atom stereocenters. The molecule has 0 radical (unpaired) electrons. The van der Waals surface area contributed by atoms with Gasteiger partial charge in [0.05, 0.1) is 23.8 Å². The van der Waals surface area contributed by atoms with Gasteiger partial charge in [-0.05, 0) is 84.3 Å². The summed E-state index contributed by atoms with van der Waals surface area (Å²) in [5.41, 5.74) is 0.708. The molecule has 0 amide bonds. The van der Waals surface area contributed by atoms with Gasteiger partial charge in [0, 0.05) is 24.2 Å². The highest BCUT2D eigenvalue weighted by atomic mass is 16.7. The normalized spacial score (nSPS) is 32.3. The van der Waals surface area contributed by atoms with E-state index in [1.54, 1.807) is 58.0 Å². The monoisotopic (exact) mass is 709 g/mol. The number of ether oxygens (including phenoxy) is 5. The van der Waals surface area contributed by atoms with Crippen molar-refractivity contribution in [1.82, 2.24) is 14.5 Å². The average molecular weight is 710 g/mol. The third-order valence-corrected chi connectivity index (χ3v) is 9.72. The van der Waals surface area contributed by atoms with Crippen LogP contribution in [0.1, 0.15) is 77.6 Å². The van der Waals surface area contributed by atoms with Gasteiger partial charge in [0.1, 0.15) is 18.3 Å². The second kappa shape index (κ2) is 17.8. The molecule has 13 heteroatoms. The topological polar surface area (TPSA) is 153 Å². The molecule has 4 rings (SSSR count). The van der Waals surface area contributed by atoms with Gasteiger partial charge >= 0.3 is 18.0 Å². The Kier molecular flexibility index (Phi) is 13.8. The number of rotatable bonds is 7. The van der Waals surface area contributed by atoms with Crippen molar-refractivity contribution >= 4 is 29.6 Å². The number of aromatic nitrogens is 2. The highest BCUT2D eigenvalue weighted by Gasteiger charge is 2.45. The molecule has 2 aliphatic heterocycles. The van der Waals surface area contributed by atoms with E-state index in [1.807, 2.05) is 25.9 Å². The quantitative estimate of drug-likeness (QED) is 0.216. The molecule has 51 heavy (non-hydrogen) atoms. The number of hydrogen-bond donors (Lipinski definition) is 0. The van der Waals surface area contributed by atoms with E-state index in [2.05, 4.69) is 4.98 Å². The van der Waals surface area contributed by atoms with Crippen molar-refractivity contribution < 1.29 is 47.7 Å². The maximum atomic E-state index is 14.0. The number of cyclic esters (lactones) is 1. The van der Waals surface area contributed by atoms with Gasteiger partial charge in [0.2, 0.25) is 0 Å². The number of esters is 2. The minimum Gasteiger partial charge on any atom is -0.458 e. The highest BCUT2D eigenvalue weighted by molar-refractivity contribution is 6.00. The predicted molar refractivity (Wildman–Crippen MR) is 186 cm³/mol. The van der Waals surface area contributed by atoms with Crippen molar-refractivity contribution in [1.29, 1.82) is 0 Å². The number of benzene rings is 1. The van der Waals surface area contributed by atoms with E-state index < -0.39 is 72.3 Å². The standard InChI is InChI=1S/C38H51N3O10/c1-9-29-31(50-38(46)41-18-17-39-21-41)19-23(3)32(42)22(2)15-16-30(25(5)33(43)26(6)35(44)48-29)49-37-34(28(40(7)8)20-24(4)47-37)51-36(45)27-13-11-10-12-14-27/h10-14,17-19,21-22,24-26,28-31,34,37H,9,15-16,20H2,1-8H3/b23-19+/t22-,24?,25?,26?,28?,29?,30+,31?,34-,37?/m1/s1. The van der Waals surface area contributed by atoms with Crippen LogP contribution in [0.4, 0.5) is 4.79 Å². The van der Waals surface area contributed by atoms with Crippen molar-refractivity contribution in [2.45, 2.75) is 110 Å². The maximum absolute atomic E-state index is 14.0. The summed E-state index contributed by atoms with van der Waals surface area (Å²) in [7, 11) is 3.78. The largest absolute Gasteiger partial charge is 0.458 e. The average Bonchev–Trinajstić information content (AvgIpc) is 3.66. The Morgan fingerprint density at radius 3 is 2.35 bits per heavy atom. The molecule has 7 unspecified atom stereocenters. The third-order valence-electron chi connectivity index (χ3n) is 9.72. The Balaban J connectivity index is 1.64. The lowest BCUT2D eigenvalue weighted by Crippen LogP contribution is -2.57. The zero-order chi connectivity index (χ0) is 37.4. The summed E-state index contributed by atoms with van der Waals surface area (Å²) in [4.78, 5) is 73.1. The number of Topliss-reactive ketones (excluding diaryl/α,β-unsaturated/α-hetero) is 2. The fourth-order valence-electron chi connectivity index (χ4n) is 6.49. The number of likely N-dealkylation sites (N-methyl/N-ethyl adjacent to an activating group) is 1. The van der Waals surface area contributed by atoms with Crippen LogP contribution in [0.25, 0.3) is 0 Å². The molecule has 0 N–H and O–H groups in total. The maximum Gasteiger partial charge on any atom is 0.419 e. The Labute approximate surface area is 299 Å². The summed E-state index contributed by atoms with van der Waals surface area (Å²) >= 11 is 0. The van der Waals surface area contributed by atoms with Gasteiger partial charge in [-0.3, -0.25) is 14.4 Å². The van der Waals surface area contributed by atoms with Gasteiger partial charge in [-0.15, -0.1) is 0 Å². The van der Waals surface area contributed by atoms with E-state index in [1.165, 1.54) is 31.7 Å². The number of carbonyl (C=O) groups is 5. The first-order chi connectivity index (χ1) is 24.2. The molecular formula is C38H51N3O10.